The van der Waals surface area contributed by atoms with Crippen LogP contribution in [-0.4, -0.2) is 31.3 Å². The Kier molecular flexibility index (Phi) is 5.21. The minimum Gasteiger partial charge on any atom is -0.477 e. The quantitative estimate of drug-likeness (QED) is 0.718. The van der Waals surface area contributed by atoms with Gasteiger partial charge in [-0.15, -0.1) is 0 Å². The van der Waals surface area contributed by atoms with E-state index in [0.29, 0.717) is 46.4 Å². The zero-order chi connectivity index (χ0) is 19.6. The van der Waals surface area contributed by atoms with E-state index in [4.69, 9.17) is 4.74 Å². The summed E-state index contributed by atoms with van der Waals surface area (Å²) >= 11 is 0. The molecule has 1 N–H and O–H groups in total. The molecule has 8 heteroatoms. The number of aromatic nitrogens is 5. The third-order valence-electron chi connectivity index (χ3n) is 4.08. The first kappa shape index (κ1) is 18.6. The zero-order valence-electron chi connectivity index (χ0n) is 15.9. The molecule has 0 saturated heterocycles. The van der Waals surface area contributed by atoms with E-state index in [0.717, 1.165) is 18.5 Å². The van der Waals surface area contributed by atoms with Gasteiger partial charge >= 0.3 is 0 Å². The molecule has 0 spiro atoms. The lowest BCUT2D eigenvalue weighted by Crippen LogP contribution is -2.12. The van der Waals surface area contributed by atoms with Crippen molar-refractivity contribution in [1.82, 2.24) is 24.7 Å². The Morgan fingerprint density at radius 3 is 2.81 bits per heavy atom. The molecule has 0 aliphatic carbocycles. The van der Waals surface area contributed by atoms with Crippen molar-refractivity contribution >= 4 is 11.0 Å². The van der Waals surface area contributed by atoms with Crippen molar-refractivity contribution in [3.63, 3.8) is 0 Å². The number of rotatable bonds is 6. The molecule has 0 saturated carbocycles. The number of H-pyrrole nitrogens is 1. The van der Waals surface area contributed by atoms with Crippen molar-refractivity contribution < 1.29 is 4.74 Å². The van der Waals surface area contributed by atoms with Crippen LogP contribution in [-0.2, 0) is 13.5 Å². The van der Waals surface area contributed by atoms with Gasteiger partial charge in [0.2, 0.25) is 5.88 Å². The third-order valence-corrected chi connectivity index (χ3v) is 4.08. The van der Waals surface area contributed by atoms with Gasteiger partial charge in [0.25, 0.3) is 5.56 Å². The lowest BCUT2D eigenvalue weighted by atomic mass is 10.1. The first-order valence-corrected chi connectivity index (χ1v) is 8.93. The maximum Gasteiger partial charge on any atom is 0.279 e. The van der Waals surface area contributed by atoms with Crippen LogP contribution in [0.25, 0.3) is 22.4 Å². The smallest absolute Gasteiger partial charge is 0.279 e. The molecule has 0 bridgehead atoms. The summed E-state index contributed by atoms with van der Waals surface area (Å²) in [5, 5.41) is 13.5. The normalized spacial score (nSPS) is 11.1. The molecular formula is C19H22N6O2. The van der Waals surface area contributed by atoms with Crippen molar-refractivity contribution in [2.45, 2.75) is 33.6 Å². The zero-order valence-corrected chi connectivity index (χ0v) is 15.9. The van der Waals surface area contributed by atoms with Gasteiger partial charge in [-0.2, -0.15) is 10.4 Å². The number of aryl methyl sites for hydroxylation is 2. The van der Waals surface area contributed by atoms with Crippen LogP contribution in [0, 0.1) is 17.2 Å². The van der Waals surface area contributed by atoms with E-state index < -0.39 is 0 Å². The van der Waals surface area contributed by atoms with Crippen LogP contribution >= 0.6 is 0 Å². The Labute approximate surface area is 156 Å². The van der Waals surface area contributed by atoms with Crippen molar-refractivity contribution in [1.29, 1.82) is 5.26 Å². The van der Waals surface area contributed by atoms with E-state index in [1.54, 1.807) is 17.8 Å². The molecule has 3 aromatic heterocycles. The average Bonchev–Trinajstić information content (AvgIpc) is 2.96. The van der Waals surface area contributed by atoms with E-state index >= 15 is 0 Å². The second-order valence-corrected chi connectivity index (χ2v) is 6.83. The molecule has 0 aliphatic rings. The minimum atomic E-state index is -0.329. The number of pyridine rings is 1. The monoisotopic (exact) mass is 366 g/mol. The molecule has 3 aromatic rings. The van der Waals surface area contributed by atoms with Gasteiger partial charge in [-0.25, -0.2) is 9.97 Å². The predicted octanol–water partition coefficient (Wildman–Crippen LogP) is 2.58. The summed E-state index contributed by atoms with van der Waals surface area (Å²) in [7, 11) is 1.81. The van der Waals surface area contributed by atoms with Gasteiger partial charge in [0.1, 0.15) is 17.4 Å². The van der Waals surface area contributed by atoms with Crippen LogP contribution in [0.1, 0.15) is 38.4 Å². The molecule has 0 radical (unpaired) electrons. The maximum atomic E-state index is 12.6. The fourth-order valence-corrected chi connectivity index (χ4v) is 2.81. The molecule has 0 unspecified atom stereocenters. The summed E-state index contributed by atoms with van der Waals surface area (Å²) in [6.45, 7) is 6.59. The standard InChI is InChI=1S/C19H22N6O2/c1-5-6-14-15-16(24-25(14)4)18(26)23-17(22-15)13-7-12(8-20)9-21-19(13)27-10-11(2)3/h7,9,11H,5-6,10H2,1-4H3,(H,22,23,26). The molecular weight excluding hydrogens is 344 g/mol. The van der Waals surface area contributed by atoms with Gasteiger partial charge in [0, 0.05) is 13.2 Å². The van der Waals surface area contributed by atoms with Crippen molar-refractivity contribution in [3.05, 3.63) is 33.9 Å². The van der Waals surface area contributed by atoms with Gasteiger partial charge in [-0.1, -0.05) is 27.2 Å². The lowest BCUT2D eigenvalue weighted by molar-refractivity contribution is 0.262. The molecule has 0 aliphatic heterocycles. The summed E-state index contributed by atoms with van der Waals surface area (Å²) in [6.07, 6.45) is 3.12. The van der Waals surface area contributed by atoms with Gasteiger partial charge in [0.15, 0.2) is 5.52 Å². The fourth-order valence-electron chi connectivity index (χ4n) is 2.81. The van der Waals surface area contributed by atoms with Crippen LogP contribution in [0.4, 0.5) is 0 Å². The SMILES string of the molecule is CCCc1c2nc(-c3cc(C#N)cnc3OCC(C)C)[nH]c(=O)c2nn1C. The van der Waals surface area contributed by atoms with Crippen LogP contribution in [0.3, 0.4) is 0 Å². The van der Waals surface area contributed by atoms with Gasteiger partial charge < -0.3 is 9.72 Å². The van der Waals surface area contributed by atoms with E-state index in [9.17, 15) is 10.1 Å². The molecule has 3 heterocycles. The first-order chi connectivity index (χ1) is 12.9. The van der Waals surface area contributed by atoms with Crippen molar-refractivity contribution in [2.75, 3.05) is 6.61 Å². The number of fused-ring (bicyclic) bond motifs is 1. The molecule has 0 amide bonds. The second-order valence-electron chi connectivity index (χ2n) is 6.83. The Morgan fingerprint density at radius 1 is 1.37 bits per heavy atom. The van der Waals surface area contributed by atoms with Crippen molar-refractivity contribution in [2.24, 2.45) is 13.0 Å². The minimum absolute atomic E-state index is 0.304. The highest BCUT2D eigenvalue weighted by Crippen LogP contribution is 2.27. The molecule has 27 heavy (non-hydrogen) atoms. The highest BCUT2D eigenvalue weighted by Gasteiger charge is 2.18. The molecule has 8 nitrogen and oxygen atoms in total. The molecule has 0 atom stereocenters. The van der Waals surface area contributed by atoms with E-state index in [1.807, 2.05) is 13.8 Å². The summed E-state index contributed by atoms with van der Waals surface area (Å²) in [5.41, 5.74) is 2.29. The van der Waals surface area contributed by atoms with Gasteiger partial charge in [-0.05, 0) is 18.4 Å². The van der Waals surface area contributed by atoms with Crippen molar-refractivity contribution in [3.8, 4) is 23.3 Å². The topological polar surface area (TPSA) is 109 Å². The van der Waals surface area contributed by atoms with Crippen LogP contribution < -0.4 is 10.3 Å². The Hall–Kier alpha value is -3.21. The third kappa shape index (κ3) is 3.67. The van der Waals surface area contributed by atoms with E-state index in [2.05, 4.69) is 33.0 Å². The number of nitriles is 1. The Balaban J connectivity index is 2.20. The fraction of sp³-hybridized carbons (Fsp3) is 0.421. The maximum absolute atomic E-state index is 12.6. The number of hydrogen-bond acceptors (Lipinski definition) is 6. The van der Waals surface area contributed by atoms with Crippen LogP contribution in [0.2, 0.25) is 0 Å². The Morgan fingerprint density at radius 2 is 2.15 bits per heavy atom. The number of aromatic amines is 1. The highest BCUT2D eigenvalue weighted by molar-refractivity contribution is 5.79. The molecule has 140 valence electrons. The van der Waals surface area contributed by atoms with Crippen LogP contribution in [0.15, 0.2) is 17.1 Å². The highest BCUT2D eigenvalue weighted by atomic mass is 16.5. The summed E-state index contributed by atoms with van der Waals surface area (Å²) in [6, 6.07) is 3.69. The lowest BCUT2D eigenvalue weighted by Gasteiger charge is -2.12. The number of nitrogens with one attached hydrogen (secondary N) is 1. The number of nitrogens with zero attached hydrogens (tertiary/aromatic N) is 5. The average molecular weight is 366 g/mol. The second kappa shape index (κ2) is 7.58. The summed E-state index contributed by atoms with van der Waals surface area (Å²) < 4.78 is 7.48. The number of ether oxygens (including phenoxy) is 1. The molecule has 0 fully saturated rings. The Bertz CT molecular complexity index is 1070. The largest absolute Gasteiger partial charge is 0.477 e. The molecule has 3 rings (SSSR count). The van der Waals surface area contributed by atoms with E-state index in [1.165, 1.54) is 6.20 Å². The predicted molar refractivity (Wildman–Crippen MR) is 101 cm³/mol. The van der Waals surface area contributed by atoms with Gasteiger partial charge in [-0.3, -0.25) is 9.48 Å². The summed E-state index contributed by atoms with van der Waals surface area (Å²) in [5.74, 6) is 0.964. The van der Waals surface area contributed by atoms with Crippen LogP contribution in [0.5, 0.6) is 5.88 Å². The first-order valence-electron chi connectivity index (χ1n) is 8.93. The van der Waals surface area contributed by atoms with E-state index in [-0.39, 0.29) is 5.56 Å². The summed E-state index contributed by atoms with van der Waals surface area (Å²) in [4.78, 5) is 24.2. The van der Waals surface area contributed by atoms with Gasteiger partial charge in [0.05, 0.1) is 23.4 Å². The number of hydrogen-bond donors (Lipinski definition) is 1. The molecule has 0 aromatic carbocycles.